The van der Waals surface area contributed by atoms with Gasteiger partial charge in [0.25, 0.3) is 5.91 Å². The first kappa shape index (κ1) is 20.8. The van der Waals surface area contributed by atoms with Gasteiger partial charge in [0, 0.05) is 38.9 Å². The molecule has 1 aliphatic heterocycles. The molecule has 3 heterocycles. The number of rotatable bonds is 8. The van der Waals surface area contributed by atoms with Crippen molar-refractivity contribution < 1.29 is 14.3 Å². The van der Waals surface area contributed by atoms with E-state index in [4.69, 9.17) is 14.5 Å². The average molecular weight is 430 g/mol. The Labute approximate surface area is 180 Å². The van der Waals surface area contributed by atoms with E-state index in [9.17, 15) is 4.79 Å². The molecule has 1 fully saturated rings. The van der Waals surface area contributed by atoms with Crippen LogP contribution in [0.1, 0.15) is 24.3 Å². The quantitative estimate of drug-likeness (QED) is 0.548. The van der Waals surface area contributed by atoms with E-state index < -0.39 is 0 Å². The zero-order valence-electron chi connectivity index (χ0n) is 17.4. The fourth-order valence-corrected chi connectivity index (χ4v) is 4.54. The lowest BCUT2D eigenvalue weighted by Gasteiger charge is -2.29. The molecule has 1 amide bonds. The molecular formula is C21H27N5O3S. The van der Waals surface area contributed by atoms with Crippen molar-refractivity contribution in [3.8, 4) is 5.75 Å². The van der Waals surface area contributed by atoms with Gasteiger partial charge in [0.2, 0.25) is 0 Å². The fourth-order valence-electron chi connectivity index (χ4n) is 3.52. The van der Waals surface area contributed by atoms with Crippen molar-refractivity contribution >= 4 is 32.6 Å². The number of nitrogens with zero attached hydrogens (tertiary/aromatic N) is 5. The Morgan fingerprint density at radius 1 is 1.27 bits per heavy atom. The monoisotopic (exact) mass is 429 g/mol. The van der Waals surface area contributed by atoms with E-state index in [0.717, 1.165) is 48.8 Å². The van der Waals surface area contributed by atoms with Gasteiger partial charge in [-0.25, -0.2) is 4.98 Å². The number of morpholine rings is 1. The zero-order chi connectivity index (χ0) is 20.9. The summed E-state index contributed by atoms with van der Waals surface area (Å²) in [5, 5.41) is 4.96. The van der Waals surface area contributed by atoms with Crippen LogP contribution >= 0.6 is 11.3 Å². The molecule has 30 heavy (non-hydrogen) atoms. The van der Waals surface area contributed by atoms with Crippen LogP contribution in [-0.4, -0.2) is 71.6 Å². The second-order valence-electron chi connectivity index (χ2n) is 7.00. The van der Waals surface area contributed by atoms with Gasteiger partial charge < -0.3 is 9.47 Å². The molecule has 1 aliphatic rings. The van der Waals surface area contributed by atoms with Crippen LogP contribution in [0.15, 0.2) is 30.5 Å². The van der Waals surface area contributed by atoms with Crippen LogP contribution in [-0.2, 0) is 11.3 Å². The highest BCUT2D eigenvalue weighted by molar-refractivity contribution is 7.22. The van der Waals surface area contributed by atoms with Crippen LogP contribution in [0.5, 0.6) is 5.75 Å². The van der Waals surface area contributed by atoms with E-state index in [1.807, 2.05) is 32.0 Å². The molecule has 0 atom stereocenters. The summed E-state index contributed by atoms with van der Waals surface area (Å²) in [5.74, 6) is 0.738. The number of carbonyl (C=O) groups is 1. The lowest BCUT2D eigenvalue weighted by molar-refractivity contribution is 0.0391. The highest BCUT2D eigenvalue weighted by Crippen LogP contribution is 2.32. The van der Waals surface area contributed by atoms with Gasteiger partial charge in [0.05, 0.1) is 30.0 Å². The first-order valence-electron chi connectivity index (χ1n) is 10.4. The van der Waals surface area contributed by atoms with Crippen LogP contribution < -0.4 is 9.64 Å². The largest absolute Gasteiger partial charge is 0.494 e. The number of benzene rings is 1. The average Bonchev–Trinajstić information content (AvgIpc) is 3.41. The molecule has 1 saturated heterocycles. The van der Waals surface area contributed by atoms with Crippen LogP contribution in [0.25, 0.3) is 10.2 Å². The number of anilines is 1. The fraction of sp³-hybridized carbons (Fsp3) is 0.476. The molecule has 8 nitrogen and oxygen atoms in total. The van der Waals surface area contributed by atoms with E-state index in [-0.39, 0.29) is 5.91 Å². The highest BCUT2D eigenvalue weighted by atomic mass is 32.1. The molecule has 0 spiro atoms. The van der Waals surface area contributed by atoms with Gasteiger partial charge in [-0.3, -0.25) is 19.3 Å². The van der Waals surface area contributed by atoms with Gasteiger partial charge >= 0.3 is 0 Å². The van der Waals surface area contributed by atoms with Gasteiger partial charge in [-0.1, -0.05) is 11.3 Å². The number of hydrogen-bond donors (Lipinski definition) is 0. The Balaban J connectivity index is 1.63. The molecule has 2 aromatic heterocycles. The van der Waals surface area contributed by atoms with Crippen molar-refractivity contribution in [2.75, 3.05) is 50.9 Å². The molecule has 9 heteroatoms. The normalized spacial score (nSPS) is 14.9. The summed E-state index contributed by atoms with van der Waals surface area (Å²) < 4.78 is 13.8. The number of carbonyl (C=O) groups excluding carboxylic acids is 1. The number of amides is 1. The third-order valence-electron chi connectivity index (χ3n) is 5.11. The van der Waals surface area contributed by atoms with Crippen molar-refractivity contribution in [3.05, 3.63) is 36.2 Å². The lowest BCUT2D eigenvalue weighted by atomic mass is 10.3. The summed E-state index contributed by atoms with van der Waals surface area (Å²) in [6.07, 6.45) is 1.67. The van der Waals surface area contributed by atoms with E-state index >= 15 is 0 Å². The van der Waals surface area contributed by atoms with Crippen molar-refractivity contribution in [1.29, 1.82) is 0 Å². The summed E-state index contributed by atoms with van der Waals surface area (Å²) in [7, 11) is 0. The zero-order valence-corrected chi connectivity index (χ0v) is 18.2. The molecule has 0 saturated carbocycles. The number of hydrogen-bond acceptors (Lipinski definition) is 7. The molecule has 0 radical (unpaired) electrons. The van der Waals surface area contributed by atoms with Crippen molar-refractivity contribution in [2.24, 2.45) is 0 Å². The maximum absolute atomic E-state index is 13.5. The first-order valence-corrected chi connectivity index (χ1v) is 11.2. The molecule has 3 aromatic rings. The predicted octanol–water partition coefficient (Wildman–Crippen LogP) is 2.89. The molecule has 4 rings (SSSR count). The van der Waals surface area contributed by atoms with Crippen molar-refractivity contribution in [3.63, 3.8) is 0 Å². The minimum Gasteiger partial charge on any atom is -0.494 e. The minimum absolute atomic E-state index is 0.0771. The third-order valence-corrected chi connectivity index (χ3v) is 6.16. The highest BCUT2D eigenvalue weighted by Gasteiger charge is 2.25. The Hall–Kier alpha value is -2.49. The standard InChI is InChI=1S/C21H27N5O3S/c1-3-26-18(7-8-22-26)20(27)25(10-9-24-11-13-28-14-12-24)21-23-17-6-5-16(29-4-2)15-19(17)30-21/h5-8,15H,3-4,9-14H2,1-2H3. The summed E-state index contributed by atoms with van der Waals surface area (Å²) in [6, 6.07) is 7.62. The van der Waals surface area contributed by atoms with Gasteiger partial charge in [-0.15, -0.1) is 0 Å². The molecule has 0 unspecified atom stereocenters. The Morgan fingerprint density at radius 3 is 2.87 bits per heavy atom. The van der Waals surface area contributed by atoms with Crippen LogP contribution in [0, 0.1) is 0 Å². The number of aromatic nitrogens is 3. The third kappa shape index (κ3) is 4.48. The molecular weight excluding hydrogens is 402 g/mol. The summed E-state index contributed by atoms with van der Waals surface area (Å²) in [5.41, 5.74) is 1.44. The summed E-state index contributed by atoms with van der Waals surface area (Å²) >= 11 is 1.51. The van der Waals surface area contributed by atoms with Gasteiger partial charge in [0.1, 0.15) is 11.4 Å². The van der Waals surface area contributed by atoms with Crippen molar-refractivity contribution in [2.45, 2.75) is 20.4 Å². The topological polar surface area (TPSA) is 72.7 Å². The van der Waals surface area contributed by atoms with Gasteiger partial charge in [-0.05, 0) is 38.1 Å². The summed E-state index contributed by atoms with van der Waals surface area (Å²) in [4.78, 5) is 22.3. The number of aryl methyl sites for hydroxylation is 1. The molecule has 0 aliphatic carbocycles. The molecule has 0 N–H and O–H groups in total. The molecule has 0 bridgehead atoms. The van der Waals surface area contributed by atoms with Gasteiger partial charge in [-0.2, -0.15) is 5.10 Å². The first-order chi connectivity index (χ1) is 14.7. The number of ether oxygens (including phenoxy) is 2. The second kappa shape index (κ2) is 9.55. The van der Waals surface area contributed by atoms with Gasteiger partial charge in [0.15, 0.2) is 5.13 Å². The van der Waals surface area contributed by atoms with Crippen LogP contribution in [0.3, 0.4) is 0 Å². The Bertz CT molecular complexity index is 996. The maximum atomic E-state index is 13.5. The summed E-state index contributed by atoms with van der Waals surface area (Å²) in [6.45, 7) is 9.77. The number of fused-ring (bicyclic) bond motifs is 1. The van der Waals surface area contributed by atoms with Crippen LogP contribution in [0.2, 0.25) is 0 Å². The number of thiazole rings is 1. The molecule has 160 valence electrons. The van der Waals surface area contributed by atoms with E-state index in [1.54, 1.807) is 21.8 Å². The van der Waals surface area contributed by atoms with Crippen molar-refractivity contribution in [1.82, 2.24) is 19.7 Å². The predicted molar refractivity (Wildman–Crippen MR) is 118 cm³/mol. The van der Waals surface area contributed by atoms with E-state index in [1.165, 1.54) is 11.3 Å². The SMILES string of the molecule is CCOc1ccc2nc(N(CCN3CCOCC3)C(=O)c3ccnn3CC)sc2c1. The lowest BCUT2D eigenvalue weighted by Crippen LogP contribution is -2.43. The maximum Gasteiger partial charge on any atom is 0.278 e. The van der Waals surface area contributed by atoms with E-state index in [0.29, 0.717) is 30.5 Å². The molecule has 1 aromatic carbocycles. The minimum atomic E-state index is -0.0771. The second-order valence-corrected chi connectivity index (χ2v) is 8.01. The Morgan fingerprint density at radius 2 is 2.10 bits per heavy atom. The van der Waals surface area contributed by atoms with Crippen LogP contribution in [0.4, 0.5) is 5.13 Å². The smallest absolute Gasteiger partial charge is 0.278 e. The Kier molecular flexibility index (Phi) is 6.61. The van der Waals surface area contributed by atoms with E-state index in [2.05, 4.69) is 10.00 Å².